The predicted molar refractivity (Wildman–Crippen MR) is 98.2 cm³/mol. The number of nitrogens with one attached hydrogen (secondary N) is 1. The molecule has 2 aromatic rings. The minimum Gasteiger partial charge on any atom is -0.443 e. The van der Waals surface area contributed by atoms with Crippen molar-refractivity contribution in [1.29, 1.82) is 0 Å². The lowest BCUT2D eigenvalue weighted by Gasteiger charge is -2.29. The first-order valence-electron chi connectivity index (χ1n) is 9.36. The number of aryl methyl sites for hydroxylation is 1. The van der Waals surface area contributed by atoms with Crippen LogP contribution in [0.5, 0.6) is 0 Å². The van der Waals surface area contributed by atoms with Crippen LogP contribution in [-0.2, 0) is 12.7 Å². The number of hydrogen-bond donors (Lipinski definition) is 1. The number of piperidine rings is 1. The molecule has 156 valence electrons. The van der Waals surface area contributed by atoms with Crippen LogP contribution in [0.15, 0.2) is 28.7 Å². The van der Waals surface area contributed by atoms with E-state index in [-0.39, 0.29) is 29.6 Å². The second-order valence-corrected chi connectivity index (χ2v) is 7.25. The number of oxazole rings is 1. The van der Waals surface area contributed by atoms with Gasteiger partial charge in [-0.3, -0.25) is 9.59 Å². The molecular formula is C20H22F3N3O3. The zero-order valence-corrected chi connectivity index (χ0v) is 16.2. The van der Waals surface area contributed by atoms with Gasteiger partial charge in [-0.25, -0.2) is 4.98 Å². The van der Waals surface area contributed by atoms with Crippen molar-refractivity contribution in [2.24, 2.45) is 5.92 Å². The highest BCUT2D eigenvalue weighted by Gasteiger charge is 2.31. The van der Waals surface area contributed by atoms with Gasteiger partial charge in [0.05, 0.1) is 12.1 Å². The molecule has 6 nitrogen and oxygen atoms in total. The van der Waals surface area contributed by atoms with Gasteiger partial charge < -0.3 is 14.6 Å². The maximum absolute atomic E-state index is 12.8. The van der Waals surface area contributed by atoms with Gasteiger partial charge >= 0.3 is 6.18 Å². The minimum atomic E-state index is -4.53. The summed E-state index contributed by atoms with van der Waals surface area (Å²) in [4.78, 5) is 30.7. The van der Waals surface area contributed by atoms with Crippen molar-refractivity contribution >= 4 is 11.8 Å². The molecule has 3 rings (SSSR count). The molecule has 0 bridgehead atoms. The molecule has 0 saturated carbocycles. The molecule has 0 spiro atoms. The third-order valence-corrected chi connectivity index (χ3v) is 4.97. The Balaban J connectivity index is 1.64. The predicted octanol–water partition coefficient (Wildman–Crippen LogP) is 3.80. The average Bonchev–Trinajstić information content (AvgIpc) is 3.06. The fourth-order valence-electron chi connectivity index (χ4n) is 3.18. The molecule has 0 atom stereocenters. The van der Waals surface area contributed by atoms with Crippen LogP contribution in [0.2, 0.25) is 0 Å². The van der Waals surface area contributed by atoms with E-state index in [1.807, 2.05) is 0 Å². The van der Waals surface area contributed by atoms with E-state index in [9.17, 15) is 22.8 Å². The van der Waals surface area contributed by atoms with Crippen molar-refractivity contribution in [3.63, 3.8) is 0 Å². The van der Waals surface area contributed by atoms with Crippen LogP contribution in [0.25, 0.3) is 0 Å². The van der Waals surface area contributed by atoms with Crippen molar-refractivity contribution in [3.8, 4) is 0 Å². The van der Waals surface area contributed by atoms with Gasteiger partial charge in [0.2, 0.25) is 5.89 Å². The van der Waals surface area contributed by atoms with E-state index in [0.717, 1.165) is 25.0 Å². The number of aromatic nitrogens is 1. The Hall–Kier alpha value is -2.84. The highest BCUT2D eigenvalue weighted by molar-refractivity contribution is 5.94. The Labute approximate surface area is 166 Å². The van der Waals surface area contributed by atoms with Crippen LogP contribution in [0.4, 0.5) is 13.2 Å². The quantitative estimate of drug-likeness (QED) is 0.834. The SMILES string of the molecule is Cc1oc(CNC(=O)c2cccc(C(F)(F)F)c2)nc1C(=O)N1CCC(C)CC1. The van der Waals surface area contributed by atoms with Crippen LogP contribution in [0.3, 0.4) is 0 Å². The molecule has 0 radical (unpaired) electrons. The Morgan fingerprint density at radius 2 is 1.97 bits per heavy atom. The summed E-state index contributed by atoms with van der Waals surface area (Å²) < 4.78 is 43.8. The van der Waals surface area contributed by atoms with Gasteiger partial charge in [-0.15, -0.1) is 0 Å². The number of alkyl halides is 3. The van der Waals surface area contributed by atoms with Crippen LogP contribution < -0.4 is 5.32 Å². The number of carbonyl (C=O) groups excluding carboxylic acids is 2. The van der Waals surface area contributed by atoms with Gasteiger partial charge in [0.1, 0.15) is 5.76 Å². The van der Waals surface area contributed by atoms with Gasteiger partial charge in [-0.2, -0.15) is 13.2 Å². The molecule has 0 aliphatic carbocycles. The van der Waals surface area contributed by atoms with Crippen LogP contribution in [0.1, 0.15) is 57.8 Å². The largest absolute Gasteiger partial charge is 0.443 e. The number of rotatable bonds is 4. The van der Waals surface area contributed by atoms with E-state index >= 15 is 0 Å². The second kappa shape index (κ2) is 8.26. The van der Waals surface area contributed by atoms with E-state index in [1.54, 1.807) is 11.8 Å². The molecule has 0 unspecified atom stereocenters. The second-order valence-electron chi connectivity index (χ2n) is 7.25. The lowest BCUT2D eigenvalue weighted by Crippen LogP contribution is -2.38. The highest BCUT2D eigenvalue weighted by atomic mass is 19.4. The van der Waals surface area contributed by atoms with Gasteiger partial charge in [0, 0.05) is 18.7 Å². The van der Waals surface area contributed by atoms with E-state index in [1.165, 1.54) is 12.1 Å². The Kier molecular flexibility index (Phi) is 5.95. The molecule has 1 saturated heterocycles. The zero-order valence-electron chi connectivity index (χ0n) is 16.2. The molecule has 1 aromatic heterocycles. The van der Waals surface area contributed by atoms with Crippen LogP contribution >= 0.6 is 0 Å². The number of hydrogen-bond acceptors (Lipinski definition) is 4. The molecule has 9 heteroatoms. The molecule has 1 fully saturated rings. The number of carbonyl (C=O) groups is 2. The molecule has 1 aliphatic rings. The van der Waals surface area contributed by atoms with Crippen molar-refractivity contribution in [1.82, 2.24) is 15.2 Å². The first kappa shape index (κ1) is 20.9. The van der Waals surface area contributed by atoms with Gasteiger partial charge in [0.25, 0.3) is 11.8 Å². The van der Waals surface area contributed by atoms with Crippen molar-refractivity contribution in [2.45, 2.75) is 39.4 Å². The first-order valence-corrected chi connectivity index (χ1v) is 9.36. The van der Waals surface area contributed by atoms with Crippen molar-refractivity contribution in [3.05, 3.63) is 52.7 Å². The lowest BCUT2D eigenvalue weighted by atomic mass is 9.99. The molecule has 29 heavy (non-hydrogen) atoms. The van der Waals surface area contributed by atoms with E-state index in [0.29, 0.717) is 24.8 Å². The number of likely N-dealkylation sites (tertiary alicyclic amines) is 1. The average molecular weight is 409 g/mol. The summed E-state index contributed by atoms with van der Waals surface area (Å²) in [6, 6.07) is 4.14. The van der Waals surface area contributed by atoms with E-state index in [4.69, 9.17) is 4.42 Å². The van der Waals surface area contributed by atoms with Gasteiger partial charge in [-0.05, 0) is 43.9 Å². The normalized spacial score (nSPS) is 15.4. The smallest absolute Gasteiger partial charge is 0.416 e. The summed E-state index contributed by atoms with van der Waals surface area (Å²) in [7, 11) is 0. The summed E-state index contributed by atoms with van der Waals surface area (Å²) >= 11 is 0. The standard InChI is InChI=1S/C20H22F3N3O3/c1-12-6-8-26(9-7-12)19(28)17-13(2)29-16(25-17)11-24-18(27)14-4-3-5-15(10-14)20(21,22)23/h3-5,10,12H,6-9,11H2,1-2H3,(H,24,27). The number of benzene rings is 1. The number of nitrogens with zero attached hydrogens (tertiary/aromatic N) is 2. The van der Waals surface area contributed by atoms with Gasteiger partial charge in [-0.1, -0.05) is 13.0 Å². The number of amides is 2. The molecule has 2 heterocycles. The monoisotopic (exact) mass is 409 g/mol. The van der Waals surface area contributed by atoms with Crippen LogP contribution in [0, 0.1) is 12.8 Å². The van der Waals surface area contributed by atoms with Crippen molar-refractivity contribution < 1.29 is 27.2 Å². The minimum absolute atomic E-state index is 0.122. The zero-order chi connectivity index (χ0) is 21.2. The highest BCUT2D eigenvalue weighted by Crippen LogP contribution is 2.29. The first-order chi connectivity index (χ1) is 13.6. The maximum atomic E-state index is 12.8. The van der Waals surface area contributed by atoms with E-state index in [2.05, 4.69) is 17.2 Å². The molecular weight excluding hydrogens is 387 g/mol. The third kappa shape index (κ3) is 4.96. The Morgan fingerprint density at radius 3 is 2.62 bits per heavy atom. The summed E-state index contributed by atoms with van der Waals surface area (Å²) in [5, 5.41) is 2.47. The van der Waals surface area contributed by atoms with Crippen molar-refractivity contribution in [2.75, 3.05) is 13.1 Å². The molecule has 1 aliphatic heterocycles. The number of halogens is 3. The summed E-state index contributed by atoms with van der Waals surface area (Å²) in [6.45, 7) is 4.95. The summed E-state index contributed by atoms with van der Waals surface area (Å²) in [6.07, 6.45) is -2.66. The Morgan fingerprint density at radius 1 is 1.28 bits per heavy atom. The van der Waals surface area contributed by atoms with Crippen LogP contribution in [-0.4, -0.2) is 34.8 Å². The fourth-order valence-corrected chi connectivity index (χ4v) is 3.18. The third-order valence-electron chi connectivity index (χ3n) is 4.97. The van der Waals surface area contributed by atoms with E-state index < -0.39 is 17.6 Å². The Bertz CT molecular complexity index is 900. The molecule has 2 amide bonds. The summed E-state index contributed by atoms with van der Waals surface area (Å²) in [5.74, 6) is 0.144. The maximum Gasteiger partial charge on any atom is 0.416 e. The fraction of sp³-hybridized carbons (Fsp3) is 0.450. The topological polar surface area (TPSA) is 75.4 Å². The molecule has 1 aromatic carbocycles. The lowest BCUT2D eigenvalue weighted by molar-refractivity contribution is -0.137. The molecule has 1 N–H and O–H groups in total. The summed E-state index contributed by atoms with van der Waals surface area (Å²) in [5.41, 5.74) is -0.828. The van der Waals surface area contributed by atoms with Gasteiger partial charge in [0.15, 0.2) is 5.69 Å².